The Bertz CT molecular complexity index is 1730. The smallest absolute Gasteiger partial charge is 0.409 e. The van der Waals surface area contributed by atoms with Crippen molar-refractivity contribution in [2.24, 2.45) is 0 Å². The number of H-pyrrole nitrogens is 1. The second-order valence-electron chi connectivity index (χ2n) is 8.53. The number of hydrogen-bond acceptors (Lipinski definition) is 7. The molecule has 5 aromatic rings. The van der Waals surface area contributed by atoms with Crippen LogP contribution >= 0.6 is 23.2 Å². The average Bonchev–Trinajstić information content (AvgIpc) is 3.64. The number of tetrazole rings is 1. The van der Waals surface area contributed by atoms with Gasteiger partial charge in [0.25, 0.3) is 5.56 Å². The van der Waals surface area contributed by atoms with E-state index in [0.717, 1.165) is 5.56 Å². The number of anilines is 1. The van der Waals surface area contributed by atoms with E-state index in [1.165, 1.54) is 17.1 Å². The summed E-state index contributed by atoms with van der Waals surface area (Å²) in [5, 5.41) is 23.2. The fraction of sp³-hybridized carbons (Fsp3) is 0.125. The van der Waals surface area contributed by atoms with Gasteiger partial charge in [0, 0.05) is 34.3 Å². The van der Waals surface area contributed by atoms with Crippen molar-refractivity contribution >= 4 is 35.0 Å². The zero-order chi connectivity index (χ0) is 26.4. The molecule has 2 aromatic carbocycles. The van der Waals surface area contributed by atoms with Crippen molar-refractivity contribution in [1.82, 2.24) is 39.7 Å². The highest BCUT2D eigenvalue weighted by Crippen LogP contribution is 2.34. The molecule has 6 rings (SSSR count). The summed E-state index contributed by atoms with van der Waals surface area (Å²) in [4.78, 5) is 36.7. The van der Waals surface area contributed by atoms with E-state index in [-0.39, 0.29) is 16.8 Å². The Morgan fingerprint density at radius 3 is 2.66 bits per heavy atom. The van der Waals surface area contributed by atoms with Gasteiger partial charge in [-0.3, -0.25) is 14.7 Å². The summed E-state index contributed by atoms with van der Waals surface area (Å²) in [5.74, 6) is 1.14. The molecule has 0 unspecified atom stereocenters. The number of fused-ring (bicyclic) bond motifs is 1. The summed E-state index contributed by atoms with van der Waals surface area (Å²) < 4.78 is 3.10. The van der Waals surface area contributed by atoms with Crippen LogP contribution in [0.3, 0.4) is 0 Å². The minimum atomic E-state index is -1.15. The van der Waals surface area contributed by atoms with E-state index in [9.17, 15) is 9.59 Å². The number of nitrogens with one attached hydrogen (secondary N) is 2. The first-order valence-electron chi connectivity index (χ1n) is 11.4. The van der Waals surface area contributed by atoms with Gasteiger partial charge in [-0.2, -0.15) is 4.68 Å². The van der Waals surface area contributed by atoms with E-state index in [1.54, 1.807) is 47.0 Å². The van der Waals surface area contributed by atoms with E-state index >= 15 is 0 Å². The Labute approximate surface area is 223 Å². The van der Waals surface area contributed by atoms with E-state index in [4.69, 9.17) is 33.3 Å². The molecule has 0 spiro atoms. The molecule has 1 atom stereocenters. The summed E-state index contributed by atoms with van der Waals surface area (Å²) in [7, 11) is 0. The Hall–Kier alpha value is -4.55. The van der Waals surface area contributed by atoms with Crippen LogP contribution in [0.5, 0.6) is 0 Å². The standard InChI is InChI=1S/C24H17Cl2N9O3/c25-13-3-6-17(34-11-27-32-33-34)15(9-13)16-10-20(36)35-18(7-8-19(35)29-16)23-30-21(22(26)31-23)12-1-4-14(5-2-12)28-24(37)38/h1-6,9-11,18,28H,7-8H2,(H,30,31)(H,37,38)/t18-/m0/s1. The van der Waals surface area contributed by atoms with Gasteiger partial charge in [0.1, 0.15) is 18.0 Å². The third-order valence-corrected chi connectivity index (χ3v) is 6.74. The zero-order valence-corrected chi connectivity index (χ0v) is 20.8. The molecule has 0 aliphatic carbocycles. The highest BCUT2D eigenvalue weighted by molar-refractivity contribution is 6.32. The summed E-state index contributed by atoms with van der Waals surface area (Å²) in [6.45, 7) is 0. The van der Waals surface area contributed by atoms with Crippen molar-refractivity contribution in [2.45, 2.75) is 18.9 Å². The van der Waals surface area contributed by atoms with Crippen molar-refractivity contribution in [1.29, 1.82) is 0 Å². The van der Waals surface area contributed by atoms with Crippen LogP contribution in [-0.2, 0) is 6.42 Å². The van der Waals surface area contributed by atoms with E-state index in [2.05, 4.69) is 30.8 Å². The summed E-state index contributed by atoms with van der Waals surface area (Å²) in [5.41, 5.74) is 3.20. The first kappa shape index (κ1) is 23.8. The van der Waals surface area contributed by atoms with Crippen molar-refractivity contribution in [3.05, 3.63) is 87.0 Å². The molecular formula is C24H17Cl2N9O3. The van der Waals surface area contributed by atoms with E-state index in [0.29, 0.717) is 57.8 Å². The molecule has 12 nitrogen and oxygen atoms in total. The fourth-order valence-corrected chi connectivity index (χ4v) is 5.01. The molecule has 0 radical (unpaired) electrons. The number of benzene rings is 2. The topological polar surface area (TPSA) is 156 Å². The minimum absolute atomic E-state index is 0.242. The average molecular weight is 550 g/mol. The molecule has 3 aromatic heterocycles. The lowest BCUT2D eigenvalue weighted by molar-refractivity contribution is 0.209. The predicted molar refractivity (Wildman–Crippen MR) is 139 cm³/mol. The lowest BCUT2D eigenvalue weighted by Gasteiger charge is -2.14. The summed E-state index contributed by atoms with van der Waals surface area (Å²) >= 11 is 12.7. The number of carboxylic acid groups (broad SMARTS) is 1. The number of rotatable bonds is 5. The summed E-state index contributed by atoms with van der Waals surface area (Å²) in [6, 6.07) is 13.0. The third kappa shape index (κ3) is 4.29. The first-order chi connectivity index (χ1) is 18.4. The van der Waals surface area contributed by atoms with Crippen LogP contribution in [-0.4, -0.2) is 50.9 Å². The number of aryl methyl sites for hydroxylation is 1. The van der Waals surface area contributed by atoms with Crippen LogP contribution in [0.1, 0.15) is 24.1 Å². The van der Waals surface area contributed by atoms with Gasteiger partial charge in [-0.1, -0.05) is 35.3 Å². The molecule has 1 aliphatic heterocycles. The van der Waals surface area contributed by atoms with Crippen LogP contribution in [0, 0.1) is 0 Å². The van der Waals surface area contributed by atoms with Gasteiger partial charge in [0.2, 0.25) is 0 Å². The maximum Gasteiger partial charge on any atom is 0.409 e. The van der Waals surface area contributed by atoms with Gasteiger partial charge in [0.05, 0.1) is 23.1 Å². The SMILES string of the molecule is O=C(O)Nc1ccc(-c2[nH]c([C@@H]3CCc4nc(-c5cc(Cl)ccc5-n5cnnn5)cc(=O)n43)nc2Cl)cc1. The quantitative estimate of drug-likeness (QED) is 0.294. The number of aromatic nitrogens is 8. The monoisotopic (exact) mass is 549 g/mol. The fourth-order valence-electron chi connectivity index (χ4n) is 4.59. The molecular weight excluding hydrogens is 533 g/mol. The van der Waals surface area contributed by atoms with Crippen molar-refractivity contribution in [3.63, 3.8) is 0 Å². The second-order valence-corrected chi connectivity index (χ2v) is 9.33. The normalized spacial score (nSPS) is 14.4. The van der Waals surface area contributed by atoms with E-state index in [1.807, 2.05) is 0 Å². The van der Waals surface area contributed by atoms with Crippen molar-refractivity contribution < 1.29 is 9.90 Å². The number of imidazole rings is 1. The van der Waals surface area contributed by atoms with Crippen LogP contribution in [0.2, 0.25) is 10.2 Å². The van der Waals surface area contributed by atoms with Gasteiger partial charge in [-0.15, -0.1) is 5.10 Å². The number of hydrogen-bond donors (Lipinski definition) is 3. The van der Waals surface area contributed by atoms with Gasteiger partial charge in [-0.25, -0.2) is 14.8 Å². The Kier molecular flexibility index (Phi) is 5.89. The lowest BCUT2D eigenvalue weighted by atomic mass is 10.1. The number of carbonyl (C=O) groups is 1. The number of nitrogens with zero attached hydrogens (tertiary/aromatic N) is 7. The maximum atomic E-state index is 13.4. The van der Waals surface area contributed by atoms with Gasteiger partial charge in [-0.05, 0) is 47.2 Å². The Balaban J connectivity index is 1.35. The number of aromatic amines is 1. The molecule has 190 valence electrons. The number of halogens is 2. The minimum Gasteiger partial charge on any atom is -0.465 e. The second kappa shape index (κ2) is 9.39. The summed E-state index contributed by atoms with van der Waals surface area (Å²) in [6.07, 6.45) is 1.46. The van der Waals surface area contributed by atoms with Crippen molar-refractivity contribution in [2.75, 3.05) is 5.32 Å². The van der Waals surface area contributed by atoms with E-state index < -0.39 is 6.09 Å². The molecule has 1 aliphatic rings. The molecule has 3 N–H and O–H groups in total. The van der Waals surface area contributed by atoms with Crippen LogP contribution in [0.25, 0.3) is 28.2 Å². The van der Waals surface area contributed by atoms with Crippen LogP contribution in [0.15, 0.2) is 59.7 Å². The highest BCUT2D eigenvalue weighted by atomic mass is 35.5. The third-order valence-electron chi connectivity index (χ3n) is 6.23. The van der Waals surface area contributed by atoms with Crippen LogP contribution < -0.4 is 10.9 Å². The van der Waals surface area contributed by atoms with Gasteiger partial charge < -0.3 is 10.1 Å². The molecule has 0 saturated carbocycles. The first-order valence-corrected chi connectivity index (χ1v) is 12.1. The van der Waals surface area contributed by atoms with Gasteiger partial charge in [0.15, 0.2) is 5.15 Å². The molecule has 0 fully saturated rings. The number of amides is 1. The molecule has 1 amide bonds. The van der Waals surface area contributed by atoms with Gasteiger partial charge >= 0.3 is 6.09 Å². The highest BCUT2D eigenvalue weighted by Gasteiger charge is 2.30. The lowest BCUT2D eigenvalue weighted by Crippen LogP contribution is -2.25. The Morgan fingerprint density at radius 1 is 1.11 bits per heavy atom. The molecule has 14 heteroatoms. The predicted octanol–water partition coefficient (Wildman–Crippen LogP) is 4.21. The molecule has 38 heavy (non-hydrogen) atoms. The maximum absolute atomic E-state index is 13.4. The van der Waals surface area contributed by atoms with Crippen molar-refractivity contribution in [3.8, 4) is 28.2 Å². The zero-order valence-electron chi connectivity index (χ0n) is 19.3. The largest absolute Gasteiger partial charge is 0.465 e. The van der Waals surface area contributed by atoms with Crippen LogP contribution in [0.4, 0.5) is 10.5 Å². The molecule has 0 saturated heterocycles. The molecule has 4 heterocycles. The molecule has 0 bridgehead atoms. The Morgan fingerprint density at radius 2 is 1.92 bits per heavy atom.